The Bertz CT molecular complexity index is 831. The fourth-order valence-electron chi connectivity index (χ4n) is 4.00. The highest BCUT2D eigenvalue weighted by molar-refractivity contribution is 9.10. The van der Waals surface area contributed by atoms with Crippen LogP contribution < -0.4 is 10.2 Å². The predicted octanol–water partition coefficient (Wildman–Crippen LogP) is 3.31. The molecule has 0 atom stereocenters. The second-order valence-electron chi connectivity index (χ2n) is 8.74. The van der Waals surface area contributed by atoms with Gasteiger partial charge in [-0.05, 0) is 50.6 Å². The Balaban J connectivity index is 1.59. The highest BCUT2D eigenvalue weighted by atomic mass is 79.9. The number of carbonyl (C=O) groups is 1. The molecular formula is C21H30BrN5O. The molecule has 0 spiro atoms. The molecule has 1 saturated heterocycles. The van der Waals surface area contributed by atoms with Crippen molar-refractivity contribution in [3.63, 3.8) is 0 Å². The molecule has 3 rings (SSSR count). The van der Waals surface area contributed by atoms with Gasteiger partial charge in [-0.2, -0.15) is 0 Å². The summed E-state index contributed by atoms with van der Waals surface area (Å²) in [4.78, 5) is 26.0. The number of hydrogen-bond donors (Lipinski definition) is 1. The van der Waals surface area contributed by atoms with Gasteiger partial charge in [-0.25, -0.2) is 9.97 Å². The Morgan fingerprint density at radius 1 is 1.29 bits per heavy atom. The van der Waals surface area contributed by atoms with Gasteiger partial charge in [0.2, 0.25) is 5.91 Å². The van der Waals surface area contributed by atoms with Gasteiger partial charge in [0, 0.05) is 42.0 Å². The van der Waals surface area contributed by atoms with E-state index < -0.39 is 0 Å². The molecule has 1 aliphatic rings. The summed E-state index contributed by atoms with van der Waals surface area (Å²) in [6.45, 7) is 7.69. The molecule has 0 unspecified atom stereocenters. The summed E-state index contributed by atoms with van der Waals surface area (Å²) < 4.78 is 1.02. The fraction of sp³-hybridized carbons (Fsp3) is 0.571. The van der Waals surface area contributed by atoms with Crippen molar-refractivity contribution in [2.75, 3.05) is 45.2 Å². The number of halogens is 1. The highest BCUT2D eigenvalue weighted by Gasteiger charge is 2.28. The van der Waals surface area contributed by atoms with Crippen LogP contribution in [0.5, 0.6) is 0 Å². The second kappa shape index (κ2) is 8.74. The summed E-state index contributed by atoms with van der Waals surface area (Å²) in [7, 11) is 4.13. The Hall–Kier alpha value is -1.73. The summed E-state index contributed by atoms with van der Waals surface area (Å²) in [6.07, 6.45) is 3.32. The number of fused-ring (bicyclic) bond motifs is 1. The maximum absolute atomic E-state index is 12.7. The third-order valence-electron chi connectivity index (χ3n) is 5.23. The van der Waals surface area contributed by atoms with Gasteiger partial charge < -0.3 is 15.1 Å². The molecule has 2 aromatic rings. The first-order valence-corrected chi connectivity index (χ1v) is 10.6. The van der Waals surface area contributed by atoms with Crippen LogP contribution >= 0.6 is 15.9 Å². The monoisotopic (exact) mass is 447 g/mol. The molecule has 1 aromatic carbocycles. The van der Waals surface area contributed by atoms with E-state index in [1.165, 1.54) is 0 Å². The Morgan fingerprint density at radius 3 is 2.68 bits per heavy atom. The van der Waals surface area contributed by atoms with E-state index >= 15 is 0 Å². The molecule has 152 valence electrons. The second-order valence-corrected chi connectivity index (χ2v) is 9.66. The normalized spacial score (nSPS) is 16.0. The van der Waals surface area contributed by atoms with E-state index in [1.54, 1.807) is 6.33 Å². The van der Waals surface area contributed by atoms with Crippen molar-refractivity contribution in [1.82, 2.24) is 20.2 Å². The summed E-state index contributed by atoms with van der Waals surface area (Å²) in [6, 6.07) is 6.06. The van der Waals surface area contributed by atoms with E-state index in [2.05, 4.69) is 75.0 Å². The van der Waals surface area contributed by atoms with Gasteiger partial charge in [-0.15, -0.1) is 0 Å². The van der Waals surface area contributed by atoms with Crippen LogP contribution in [0, 0.1) is 11.3 Å². The minimum atomic E-state index is 0.0626. The largest absolute Gasteiger partial charge is 0.356 e. The standard InChI is InChI=1S/C21H30BrN5O/c1-21(2,13-26(3)4)12-23-20(28)15-7-9-27(10-8-15)19-17-11-16(22)5-6-18(17)24-14-25-19/h5-6,11,14-15H,7-10,12-13H2,1-4H3,(H,23,28). The molecule has 7 heteroatoms. The summed E-state index contributed by atoms with van der Waals surface area (Å²) in [5.74, 6) is 1.21. The van der Waals surface area contributed by atoms with Gasteiger partial charge in [0.1, 0.15) is 12.1 Å². The lowest BCUT2D eigenvalue weighted by molar-refractivity contribution is -0.126. The zero-order chi connectivity index (χ0) is 20.3. The average molecular weight is 448 g/mol. The van der Waals surface area contributed by atoms with E-state index in [9.17, 15) is 4.79 Å². The number of carbonyl (C=O) groups excluding carboxylic acids is 1. The number of amides is 1. The quantitative estimate of drug-likeness (QED) is 0.735. The molecule has 2 heterocycles. The number of hydrogen-bond acceptors (Lipinski definition) is 5. The molecule has 1 aliphatic heterocycles. The van der Waals surface area contributed by atoms with Gasteiger partial charge in [-0.1, -0.05) is 29.8 Å². The maximum Gasteiger partial charge on any atom is 0.223 e. The van der Waals surface area contributed by atoms with Crippen molar-refractivity contribution in [2.24, 2.45) is 11.3 Å². The smallest absolute Gasteiger partial charge is 0.223 e. The predicted molar refractivity (Wildman–Crippen MR) is 118 cm³/mol. The van der Waals surface area contributed by atoms with E-state index in [1.807, 2.05) is 12.1 Å². The van der Waals surface area contributed by atoms with Crippen molar-refractivity contribution in [3.05, 3.63) is 29.0 Å². The SMILES string of the molecule is CN(C)CC(C)(C)CNC(=O)C1CCN(c2ncnc3ccc(Br)cc23)CC1. The fourth-order valence-corrected chi connectivity index (χ4v) is 4.36. The summed E-state index contributed by atoms with van der Waals surface area (Å²) >= 11 is 3.54. The maximum atomic E-state index is 12.7. The summed E-state index contributed by atoms with van der Waals surface area (Å²) in [5.41, 5.74) is 1.00. The summed E-state index contributed by atoms with van der Waals surface area (Å²) in [5, 5.41) is 4.22. The number of benzene rings is 1. The van der Waals surface area contributed by atoms with Crippen molar-refractivity contribution < 1.29 is 4.79 Å². The zero-order valence-corrected chi connectivity index (χ0v) is 18.8. The van der Waals surface area contributed by atoms with Crippen LogP contribution in [0.25, 0.3) is 10.9 Å². The highest BCUT2D eigenvalue weighted by Crippen LogP contribution is 2.29. The minimum Gasteiger partial charge on any atom is -0.356 e. The van der Waals surface area contributed by atoms with Gasteiger partial charge in [-0.3, -0.25) is 4.79 Å². The number of aromatic nitrogens is 2. The third kappa shape index (κ3) is 5.20. The van der Waals surface area contributed by atoms with Crippen molar-refractivity contribution in [2.45, 2.75) is 26.7 Å². The van der Waals surface area contributed by atoms with Crippen LogP contribution in [0.15, 0.2) is 29.0 Å². The van der Waals surface area contributed by atoms with E-state index in [0.717, 1.165) is 53.7 Å². The van der Waals surface area contributed by atoms with E-state index in [0.29, 0.717) is 6.54 Å². The number of anilines is 1. The number of piperidine rings is 1. The van der Waals surface area contributed by atoms with Gasteiger partial charge in [0.05, 0.1) is 5.52 Å². The van der Waals surface area contributed by atoms with Crippen LogP contribution in [0.3, 0.4) is 0 Å². The topological polar surface area (TPSA) is 61.4 Å². The van der Waals surface area contributed by atoms with Crippen molar-refractivity contribution in [3.8, 4) is 0 Å². The molecule has 1 fully saturated rings. The van der Waals surface area contributed by atoms with Gasteiger partial charge in [0.25, 0.3) is 0 Å². The molecule has 1 aromatic heterocycles. The molecule has 0 bridgehead atoms. The lowest BCUT2D eigenvalue weighted by Gasteiger charge is -2.34. The lowest BCUT2D eigenvalue weighted by atomic mass is 9.91. The first kappa shape index (κ1) is 21.0. The molecule has 1 amide bonds. The molecule has 0 radical (unpaired) electrons. The number of rotatable bonds is 6. The van der Waals surface area contributed by atoms with E-state index in [4.69, 9.17) is 0 Å². The Kier molecular flexibility index (Phi) is 6.55. The minimum absolute atomic E-state index is 0.0626. The molecule has 0 saturated carbocycles. The van der Waals surface area contributed by atoms with Crippen molar-refractivity contribution >= 4 is 38.6 Å². The molecule has 6 nitrogen and oxygen atoms in total. The van der Waals surface area contributed by atoms with Crippen LogP contribution in [0.4, 0.5) is 5.82 Å². The average Bonchev–Trinajstić information content (AvgIpc) is 2.65. The number of nitrogens with one attached hydrogen (secondary N) is 1. The van der Waals surface area contributed by atoms with Crippen LogP contribution in [-0.2, 0) is 4.79 Å². The molecule has 0 aliphatic carbocycles. The Labute approximate surface area is 175 Å². The van der Waals surface area contributed by atoms with Crippen LogP contribution in [-0.4, -0.2) is 61.0 Å². The zero-order valence-electron chi connectivity index (χ0n) is 17.2. The lowest BCUT2D eigenvalue weighted by Crippen LogP contribution is -2.45. The molecular weight excluding hydrogens is 418 g/mol. The molecule has 1 N–H and O–H groups in total. The van der Waals surface area contributed by atoms with Gasteiger partial charge in [0.15, 0.2) is 0 Å². The Morgan fingerprint density at radius 2 is 2.00 bits per heavy atom. The first-order valence-electron chi connectivity index (χ1n) is 9.83. The molecule has 28 heavy (non-hydrogen) atoms. The third-order valence-corrected chi connectivity index (χ3v) is 5.72. The first-order chi connectivity index (χ1) is 13.2. The van der Waals surface area contributed by atoms with Gasteiger partial charge >= 0.3 is 0 Å². The number of nitrogens with zero attached hydrogens (tertiary/aromatic N) is 4. The van der Waals surface area contributed by atoms with Crippen LogP contribution in [0.1, 0.15) is 26.7 Å². The van der Waals surface area contributed by atoms with Crippen molar-refractivity contribution in [1.29, 1.82) is 0 Å². The van der Waals surface area contributed by atoms with E-state index in [-0.39, 0.29) is 17.2 Å². The van der Waals surface area contributed by atoms with Crippen LogP contribution in [0.2, 0.25) is 0 Å².